The Morgan fingerprint density at radius 2 is 1.92 bits per heavy atom. The van der Waals surface area contributed by atoms with Gasteiger partial charge in [0.15, 0.2) is 6.61 Å². The van der Waals surface area contributed by atoms with Gasteiger partial charge in [0.2, 0.25) is 0 Å². The molecule has 2 rings (SSSR count). The lowest BCUT2D eigenvalue weighted by atomic mass is 10.0. The van der Waals surface area contributed by atoms with E-state index in [0.29, 0.717) is 5.69 Å². The molecule has 0 saturated heterocycles. The first-order valence-corrected chi connectivity index (χ1v) is 7.89. The number of nitro groups is 1. The van der Waals surface area contributed by atoms with Crippen LogP contribution in [0.3, 0.4) is 0 Å². The highest BCUT2D eigenvalue weighted by atomic mass is 16.6. The Bertz CT molecular complexity index is 848. The van der Waals surface area contributed by atoms with Crippen molar-refractivity contribution in [2.75, 3.05) is 17.7 Å². The van der Waals surface area contributed by atoms with Crippen molar-refractivity contribution in [3.05, 3.63) is 63.7 Å². The second-order valence-corrected chi connectivity index (χ2v) is 5.90. The van der Waals surface area contributed by atoms with Gasteiger partial charge in [-0.25, -0.2) is 4.79 Å². The van der Waals surface area contributed by atoms with Gasteiger partial charge in [-0.15, -0.1) is 0 Å². The van der Waals surface area contributed by atoms with Gasteiger partial charge >= 0.3 is 5.97 Å². The SMILES string of the molecule is CC(C)c1ccccc1NC(=O)COC(=O)c1ccc(N)c([N+](=O)[O-])c1. The summed E-state index contributed by atoms with van der Waals surface area (Å²) in [5.74, 6) is -1.14. The average molecular weight is 357 g/mol. The summed E-state index contributed by atoms with van der Waals surface area (Å²) in [6.45, 7) is 3.49. The minimum absolute atomic E-state index is 0.0544. The largest absolute Gasteiger partial charge is 0.452 e. The fourth-order valence-electron chi connectivity index (χ4n) is 2.34. The van der Waals surface area contributed by atoms with E-state index in [4.69, 9.17) is 10.5 Å². The van der Waals surface area contributed by atoms with E-state index >= 15 is 0 Å². The van der Waals surface area contributed by atoms with Crippen LogP contribution in [0.1, 0.15) is 35.7 Å². The molecular weight excluding hydrogens is 338 g/mol. The number of benzene rings is 2. The lowest BCUT2D eigenvalue weighted by molar-refractivity contribution is -0.383. The van der Waals surface area contributed by atoms with Crippen molar-refractivity contribution in [2.24, 2.45) is 0 Å². The zero-order chi connectivity index (χ0) is 19.3. The molecular formula is C18H19N3O5. The zero-order valence-electron chi connectivity index (χ0n) is 14.4. The third kappa shape index (κ3) is 4.56. The van der Waals surface area contributed by atoms with Crippen LogP contribution in [0.25, 0.3) is 0 Å². The van der Waals surface area contributed by atoms with Crippen molar-refractivity contribution in [3.8, 4) is 0 Å². The Labute approximate surface area is 150 Å². The van der Waals surface area contributed by atoms with Gasteiger partial charge in [-0.2, -0.15) is 0 Å². The Morgan fingerprint density at radius 1 is 1.23 bits per heavy atom. The Kier molecular flexibility index (Phi) is 5.90. The standard InChI is InChI=1S/C18H19N3O5/c1-11(2)13-5-3-4-6-15(13)20-17(22)10-26-18(23)12-7-8-14(19)16(9-12)21(24)25/h3-9,11H,10,19H2,1-2H3,(H,20,22). The summed E-state index contributed by atoms with van der Waals surface area (Å²) in [4.78, 5) is 34.2. The Balaban J connectivity index is 2.01. The van der Waals surface area contributed by atoms with Crippen molar-refractivity contribution in [3.63, 3.8) is 0 Å². The van der Waals surface area contributed by atoms with Gasteiger partial charge in [0.1, 0.15) is 5.69 Å². The number of ether oxygens (including phenoxy) is 1. The lowest BCUT2D eigenvalue weighted by Gasteiger charge is -2.13. The van der Waals surface area contributed by atoms with E-state index in [0.717, 1.165) is 11.6 Å². The van der Waals surface area contributed by atoms with Crippen LogP contribution in [-0.4, -0.2) is 23.4 Å². The second kappa shape index (κ2) is 8.11. The topological polar surface area (TPSA) is 125 Å². The molecule has 0 unspecified atom stereocenters. The van der Waals surface area contributed by atoms with Crippen molar-refractivity contribution < 1.29 is 19.2 Å². The molecule has 2 aromatic rings. The molecule has 0 radical (unpaired) electrons. The van der Waals surface area contributed by atoms with E-state index in [9.17, 15) is 19.7 Å². The van der Waals surface area contributed by atoms with Crippen molar-refractivity contribution >= 4 is 28.9 Å². The number of nitrogens with one attached hydrogen (secondary N) is 1. The van der Waals surface area contributed by atoms with Gasteiger partial charge in [0.25, 0.3) is 11.6 Å². The van der Waals surface area contributed by atoms with Crippen LogP contribution in [-0.2, 0) is 9.53 Å². The molecule has 0 saturated carbocycles. The minimum Gasteiger partial charge on any atom is -0.452 e. The highest BCUT2D eigenvalue weighted by Gasteiger charge is 2.18. The zero-order valence-corrected chi connectivity index (χ0v) is 14.4. The molecule has 0 aliphatic carbocycles. The fraction of sp³-hybridized carbons (Fsp3) is 0.222. The van der Waals surface area contributed by atoms with Gasteiger partial charge in [0.05, 0.1) is 10.5 Å². The van der Waals surface area contributed by atoms with Crippen molar-refractivity contribution in [2.45, 2.75) is 19.8 Å². The first-order chi connectivity index (χ1) is 12.3. The van der Waals surface area contributed by atoms with E-state index in [2.05, 4.69) is 5.32 Å². The number of nitrogens with two attached hydrogens (primary N) is 1. The molecule has 0 aromatic heterocycles. The summed E-state index contributed by atoms with van der Waals surface area (Å²) in [5.41, 5.74) is 6.58. The van der Waals surface area contributed by atoms with E-state index < -0.39 is 29.1 Å². The average Bonchev–Trinajstić information content (AvgIpc) is 2.60. The number of hydrogen-bond donors (Lipinski definition) is 2. The highest BCUT2D eigenvalue weighted by molar-refractivity contribution is 5.96. The van der Waals surface area contributed by atoms with Crippen molar-refractivity contribution in [1.29, 1.82) is 0 Å². The highest BCUT2D eigenvalue weighted by Crippen LogP contribution is 2.24. The maximum Gasteiger partial charge on any atom is 0.338 e. The normalized spacial score (nSPS) is 10.4. The number of para-hydroxylation sites is 1. The maximum atomic E-state index is 12.0. The van der Waals surface area contributed by atoms with E-state index in [1.165, 1.54) is 12.1 Å². The number of nitrogen functional groups attached to an aromatic ring is 1. The summed E-state index contributed by atoms with van der Waals surface area (Å²) in [6.07, 6.45) is 0. The first kappa shape index (κ1) is 18.9. The number of amides is 1. The van der Waals surface area contributed by atoms with Crippen LogP contribution < -0.4 is 11.1 Å². The molecule has 2 aromatic carbocycles. The molecule has 0 aliphatic heterocycles. The number of esters is 1. The maximum absolute atomic E-state index is 12.0. The fourth-order valence-corrected chi connectivity index (χ4v) is 2.34. The molecule has 3 N–H and O–H groups in total. The van der Waals surface area contributed by atoms with Gasteiger partial charge in [-0.1, -0.05) is 32.0 Å². The van der Waals surface area contributed by atoms with Gasteiger partial charge < -0.3 is 15.8 Å². The predicted molar refractivity (Wildman–Crippen MR) is 97.0 cm³/mol. The van der Waals surface area contributed by atoms with Gasteiger partial charge in [-0.3, -0.25) is 14.9 Å². The van der Waals surface area contributed by atoms with Crippen LogP contribution in [0, 0.1) is 10.1 Å². The van der Waals surface area contributed by atoms with E-state index in [1.54, 1.807) is 12.1 Å². The molecule has 0 bridgehead atoms. The quantitative estimate of drug-likeness (QED) is 0.354. The van der Waals surface area contributed by atoms with Crippen LogP contribution in [0.15, 0.2) is 42.5 Å². The third-order valence-electron chi connectivity index (χ3n) is 3.65. The molecule has 0 fully saturated rings. The molecule has 8 heteroatoms. The third-order valence-corrected chi connectivity index (χ3v) is 3.65. The van der Waals surface area contributed by atoms with Crippen LogP contribution in [0.5, 0.6) is 0 Å². The summed E-state index contributed by atoms with van der Waals surface area (Å²) in [5, 5.41) is 13.6. The molecule has 26 heavy (non-hydrogen) atoms. The van der Waals surface area contributed by atoms with Gasteiger partial charge in [0, 0.05) is 11.8 Å². The smallest absolute Gasteiger partial charge is 0.338 e. The second-order valence-electron chi connectivity index (χ2n) is 5.90. The summed E-state index contributed by atoms with van der Waals surface area (Å²) >= 11 is 0. The van der Waals surface area contributed by atoms with E-state index in [1.807, 2.05) is 26.0 Å². The number of carbonyl (C=O) groups excluding carboxylic acids is 2. The van der Waals surface area contributed by atoms with Crippen LogP contribution in [0.2, 0.25) is 0 Å². The first-order valence-electron chi connectivity index (χ1n) is 7.89. The van der Waals surface area contributed by atoms with E-state index in [-0.39, 0.29) is 17.2 Å². The predicted octanol–water partition coefficient (Wildman–Crippen LogP) is 3.10. The number of nitro benzene ring substituents is 1. The number of carbonyl (C=O) groups is 2. The molecule has 0 spiro atoms. The summed E-state index contributed by atoms with van der Waals surface area (Å²) < 4.78 is 4.92. The van der Waals surface area contributed by atoms with Crippen molar-refractivity contribution in [1.82, 2.24) is 0 Å². The Morgan fingerprint density at radius 3 is 2.58 bits per heavy atom. The summed E-state index contributed by atoms with van der Waals surface area (Å²) in [7, 11) is 0. The number of anilines is 2. The molecule has 8 nitrogen and oxygen atoms in total. The van der Waals surface area contributed by atoms with Gasteiger partial charge in [-0.05, 0) is 29.7 Å². The molecule has 136 valence electrons. The van der Waals surface area contributed by atoms with Crippen LogP contribution in [0.4, 0.5) is 17.1 Å². The number of nitrogens with zero attached hydrogens (tertiary/aromatic N) is 1. The summed E-state index contributed by atoms with van der Waals surface area (Å²) in [6, 6.07) is 10.9. The lowest BCUT2D eigenvalue weighted by Crippen LogP contribution is -2.21. The number of rotatable bonds is 6. The molecule has 0 aliphatic rings. The monoisotopic (exact) mass is 357 g/mol. The Hall–Kier alpha value is -3.42. The number of hydrogen-bond acceptors (Lipinski definition) is 6. The van der Waals surface area contributed by atoms with Crippen LogP contribution >= 0.6 is 0 Å². The molecule has 0 atom stereocenters. The minimum atomic E-state index is -0.847. The molecule has 1 amide bonds. The molecule has 0 heterocycles.